The van der Waals surface area contributed by atoms with E-state index in [0.717, 1.165) is 16.3 Å². The van der Waals surface area contributed by atoms with Gasteiger partial charge < -0.3 is 9.84 Å². The molecule has 0 aliphatic carbocycles. The molecular formula is C13H21NO5S. The van der Waals surface area contributed by atoms with Gasteiger partial charge in [-0.05, 0) is 24.1 Å². The lowest BCUT2D eigenvalue weighted by Crippen LogP contribution is -2.39. The fourth-order valence-electron chi connectivity index (χ4n) is 1.72. The summed E-state index contributed by atoms with van der Waals surface area (Å²) in [6, 6.07) is 7.47. The lowest BCUT2D eigenvalue weighted by molar-refractivity contribution is 0.0882. The van der Waals surface area contributed by atoms with E-state index in [4.69, 9.17) is 9.29 Å². The maximum Gasteiger partial charge on any atom is 0.335 e. The Labute approximate surface area is 119 Å². The molecule has 2 N–H and O–H groups in total. The molecule has 20 heavy (non-hydrogen) atoms. The van der Waals surface area contributed by atoms with Crippen LogP contribution >= 0.6 is 0 Å². The number of nitrogens with zero attached hydrogens (tertiary/aromatic N) is 1. The van der Waals surface area contributed by atoms with Gasteiger partial charge in [0, 0.05) is 13.1 Å². The number of aryl methyl sites for hydroxylation is 1. The summed E-state index contributed by atoms with van der Waals surface area (Å²) in [5, 5.41) is 9.76. The SMILES string of the molecule is CCc1cccc(OCC(O)CN(CC)S(=O)(=O)O)c1. The van der Waals surface area contributed by atoms with Crippen LogP contribution in [0.4, 0.5) is 0 Å². The van der Waals surface area contributed by atoms with Crippen LogP contribution in [0.5, 0.6) is 5.75 Å². The van der Waals surface area contributed by atoms with Crippen LogP contribution in [0, 0.1) is 0 Å². The van der Waals surface area contributed by atoms with Crippen LogP contribution in [0.2, 0.25) is 0 Å². The normalized spacial score (nSPS) is 13.4. The molecule has 0 bridgehead atoms. The van der Waals surface area contributed by atoms with Crippen LogP contribution in [0.25, 0.3) is 0 Å². The van der Waals surface area contributed by atoms with Crippen LogP contribution in [0.15, 0.2) is 24.3 Å². The minimum atomic E-state index is -4.29. The number of rotatable bonds is 8. The first-order valence-electron chi connectivity index (χ1n) is 6.49. The summed E-state index contributed by atoms with van der Waals surface area (Å²) in [6.45, 7) is 3.44. The molecule has 0 saturated heterocycles. The maximum atomic E-state index is 11.0. The summed E-state index contributed by atoms with van der Waals surface area (Å²) < 4.78 is 37.1. The van der Waals surface area contributed by atoms with E-state index < -0.39 is 16.4 Å². The Morgan fingerprint density at radius 1 is 1.35 bits per heavy atom. The minimum absolute atomic E-state index is 0.0425. The summed E-state index contributed by atoms with van der Waals surface area (Å²) in [6.07, 6.45) is -0.131. The molecule has 1 aromatic carbocycles. The van der Waals surface area contributed by atoms with Crippen molar-refractivity contribution >= 4 is 10.3 Å². The molecule has 0 saturated carbocycles. The number of aliphatic hydroxyl groups is 1. The maximum absolute atomic E-state index is 11.0. The molecule has 6 nitrogen and oxygen atoms in total. The van der Waals surface area contributed by atoms with E-state index in [1.165, 1.54) is 0 Å². The Kier molecular flexibility index (Phi) is 6.41. The standard InChI is InChI=1S/C13H21NO5S/c1-3-11-6-5-7-13(8-11)19-10-12(15)9-14(4-2)20(16,17)18/h5-8,12,15H,3-4,9-10H2,1-2H3,(H,16,17,18). The van der Waals surface area contributed by atoms with Gasteiger partial charge in [0.2, 0.25) is 0 Å². The Hall–Kier alpha value is -1.15. The minimum Gasteiger partial charge on any atom is -0.491 e. The van der Waals surface area contributed by atoms with Crippen molar-refractivity contribution in [2.45, 2.75) is 26.4 Å². The van der Waals surface area contributed by atoms with Crippen molar-refractivity contribution in [2.75, 3.05) is 19.7 Å². The van der Waals surface area contributed by atoms with E-state index in [9.17, 15) is 13.5 Å². The summed E-state index contributed by atoms with van der Waals surface area (Å²) in [5.74, 6) is 0.623. The van der Waals surface area contributed by atoms with Crippen molar-refractivity contribution in [3.8, 4) is 5.75 Å². The molecule has 1 unspecified atom stereocenters. The van der Waals surface area contributed by atoms with E-state index in [2.05, 4.69) is 0 Å². The van der Waals surface area contributed by atoms with Crippen molar-refractivity contribution in [3.05, 3.63) is 29.8 Å². The highest BCUT2D eigenvalue weighted by Gasteiger charge is 2.20. The summed E-state index contributed by atoms with van der Waals surface area (Å²) in [7, 11) is -4.29. The second-order valence-electron chi connectivity index (χ2n) is 4.39. The zero-order valence-corrected chi connectivity index (χ0v) is 12.5. The quantitative estimate of drug-likeness (QED) is 0.703. The Bertz CT molecular complexity index is 517. The van der Waals surface area contributed by atoms with Crippen molar-refractivity contribution in [1.82, 2.24) is 4.31 Å². The highest BCUT2D eigenvalue weighted by atomic mass is 32.2. The molecule has 0 aliphatic heterocycles. The smallest absolute Gasteiger partial charge is 0.335 e. The molecule has 0 radical (unpaired) electrons. The molecule has 1 rings (SSSR count). The largest absolute Gasteiger partial charge is 0.491 e. The Morgan fingerprint density at radius 3 is 2.60 bits per heavy atom. The second-order valence-corrected chi connectivity index (χ2v) is 5.81. The van der Waals surface area contributed by atoms with Gasteiger partial charge in [0.15, 0.2) is 0 Å². The lowest BCUT2D eigenvalue weighted by Gasteiger charge is -2.20. The highest BCUT2D eigenvalue weighted by Crippen LogP contribution is 2.14. The molecule has 0 amide bonds. The van der Waals surface area contributed by atoms with Gasteiger partial charge in [-0.2, -0.15) is 12.7 Å². The van der Waals surface area contributed by atoms with Gasteiger partial charge in [0.05, 0.1) is 0 Å². The molecule has 1 aromatic rings. The molecule has 114 valence electrons. The fraction of sp³-hybridized carbons (Fsp3) is 0.538. The van der Waals surface area contributed by atoms with Crippen LogP contribution in [0.1, 0.15) is 19.4 Å². The number of benzene rings is 1. The van der Waals surface area contributed by atoms with Gasteiger partial charge in [0.25, 0.3) is 0 Å². The van der Waals surface area contributed by atoms with E-state index in [0.29, 0.717) is 5.75 Å². The first-order chi connectivity index (χ1) is 9.36. The van der Waals surface area contributed by atoms with Crippen molar-refractivity contribution < 1.29 is 22.8 Å². The van der Waals surface area contributed by atoms with Crippen LogP contribution in [0.3, 0.4) is 0 Å². The number of hydrogen-bond donors (Lipinski definition) is 2. The van der Waals surface area contributed by atoms with E-state index in [-0.39, 0.29) is 19.7 Å². The number of aliphatic hydroxyl groups excluding tert-OH is 1. The van der Waals surface area contributed by atoms with E-state index in [1.807, 2.05) is 25.1 Å². The molecule has 0 heterocycles. The van der Waals surface area contributed by atoms with Crippen LogP contribution < -0.4 is 4.74 Å². The van der Waals surface area contributed by atoms with Gasteiger partial charge in [-0.3, -0.25) is 4.55 Å². The Balaban J connectivity index is 2.52. The average molecular weight is 303 g/mol. The highest BCUT2D eigenvalue weighted by molar-refractivity contribution is 7.83. The van der Waals surface area contributed by atoms with Crippen molar-refractivity contribution in [1.29, 1.82) is 0 Å². The third kappa shape index (κ3) is 5.46. The van der Waals surface area contributed by atoms with Gasteiger partial charge in [-0.15, -0.1) is 0 Å². The number of likely N-dealkylation sites (N-methyl/N-ethyl adjacent to an activating group) is 1. The number of ether oxygens (including phenoxy) is 1. The van der Waals surface area contributed by atoms with Gasteiger partial charge in [-0.25, -0.2) is 0 Å². The topological polar surface area (TPSA) is 87.1 Å². The molecule has 7 heteroatoms. The predicted octanol–water partition coefficient (Wildman–Crippen LogP) is 1.11. The zero-order valence-electron chi connectivity index (χ0n) is 11.7. The molecule has 0 spiro atoms. The average Bonchev–Trinajstić information content (AvgIpc) is 2.41. The Morgan fingerprint density at radius 2 is 2.05 bits per heavy atom. The van der Waals surface area contributed by atoms with E-state index in [1.54, 1.807) is 13.0 Å². The monoisotopic (exact) mass is 303 g/mol. The lowest BCUT2D eigenvalue weighted by atomic mass is 10.2. The van der Waals surface area contributed by atoms with Crippen molar-refractivity contribution in [2.24, 2.45) is 0 Å². The van der Waals surface area contributed by atoms with Crippen LogP contribution in [-0.2, 0) is 16.7 Å². The molecule has 0 aliphatic rings. The third-order valence-electron chi connectivity index (χ3n) is 2.84. The first-order valence-corrected chi connectivity index (χ1v) is 7.88. The summed E-state index contributed by atoms with van der Waals surface area (Å²) >= 11 is 0. The zero-order chi connectivity index (χ0) is 15.2. The first kappa shape index (κ1) is 16.9. The van der Waals surface area contributed by atoms with Crippen LogP contribution in [-0.4, -0.2) is 48.2 Å². The fourth-order valence-corrected chi connectivity index (χ4v) is 2.41. The molecule has 0 aromatic heterocycles. The third-order valence-corrected chi connectivity index (χ3v) is 3.90. The van der Waals surface area contributed by atoms with Gasteiger partial charge in [0.1, 0.15) is 18.5 Å². The predicted molar refractivity (Wildman–Crippen MR) is 76.1 cm³/mol. The van der Waals surface area contributed by atoms with Gasteiger partial charge in [-0.1, -0.05) is 26.0 Å². The summed E-state index contributed by atoms with van der Waals surface area (Å²) in [4.78, 5) is 0. The summed E-state index contributed by atoms with van der Waals surface area (Å²) in [5.41, 5.74) is 1.12. The molecular weight excluding hydrogens is 282 g/mol. The van der Waals surface area contributed by atoms with E-state index >= 15 is 0 Å². The second kappa shape index (κ2) is 7.58. The molecule has 1 atom stereocenters. The van der Waals surface area contributed by atoms with Gasteiger partial charge >= 0.3 is 10.3 Å². The molecule has 0 fully saturated rings. The number of hydrogen-bond acceptors (Lipinski definition) is 4. The van der Waals surface area contributed by atoms with Crippen molar-refractivity contribution in [3.63, 3.8) is 0 Å².